The molecule has 0 aromatic heterocycles. The molecule has 1 aliphatic heterocycles. The van der Waals surface area contributed by atoms with Gasteiger partial charge in [-0.3, -0.25) is 9.59 Å². The zero-order chi connectivity index (χ0) is 18.8. The predicted octanol–water partition coefficient (Wildman–Crippen LogP) is 3.37. The van der Waals surface area contributed by atoms with Crippen LogP contribution in [0, 0.1) is 13.8 Å². The number of benzene rings is 1. The first kappa shape index (κ1) is 20.3. The van der Waals surface area contributed by atoms with E-state index in [0.717, 1.165) is 50.0 Å². The summed E-state index contributed by atoms with van der Waals surface area (Å²) < 4.78 is 5.81. The number of carbonyl (C=O) groups excluding carboxylic acids is 2. The molecule has 0 unspecified atom stereocenters. The van der Waals surface area contributed by atoms with Crippen molar-refractivity contribution in [2.45, 2.75) is 58.8 Å². The number of rotatable bonds is 9. The number of hydrogen-bond acceptors (Lipinski definition) is 3. The van der Waals surface area contributed by atoms with Crippen molar-refractivity contribution >= 4 is 11.8 Å². The Balaban J connectivity index is 1.54. The summed E-state index contributed by atoms with van der Waals surface area (Å²) in [5, 5.41) is 2.92. The molecule has 0 saturated carbocycles. The molecule has 2 amide bonds. The largest absolute Gasteiger partial charge is 0.493 e. The summed E-state index contributed by atoms with van der Waals surface area (Å²) in [6.07, 6.45) is 5.99. The zero-order valence-corrected chi connectivity index (χ0v) is 16.2. The van der Waals surface area contributed by atoms with Gasteiger partial charge in [0.1, 0.15) is 5.75 Å². The van der Waals surface area contributed by atoms with Crippen LogP contribution in [0.15, 0.2) is 18.2 Å². The van der Waals surface area contributed by atoms with Gasteiger partial charge in [0, 0.05) is 32.5 Å². The number of likely N-dealkylation sites (tertiary alicyclic amines) is 1. The highest BCUT2D eigenvalue weighted by molar-refractivity contribution is 5.77. The Kier molecular flexibility index (Phi) is 8.45. The van der Waals surface area contributed by atoms with Gasteiger partial charge in [0.25, 0.3) is 0 Å². The maximum absolute atomic E-state index is 11.9. The quantitative estimate of drug-likeness (QED) is 0.687. The van der Waals surface area contributed by atoms with E-state index in [2.05, 4.69) is 24.4 Å². The molecule has 1 heterocycles. The second kappa shape index (κ2) is 10.8. The van der Waals surface area contributed by atoms with E-state index in [-0.39, 0.29) is 11.8 Å². The number of hydrogen-bond donors (Lipinski definition) is 1. The average Bonchev–Trinajstić information content (AvgIpc) is 2.82. The third kappa shape index (κ3) is 7.06. The topological polar surface area (TPSA) is 58.6 Å². The van der Waals surface area contributed by atoms with Crippen molar-refractivity contribution in [2.75, 3.05) is 26.2 Å². The second-order valence-corrected chi connectivity index (χ2v) is 7.12. The lowest BCUT2D eigenvalue weighted by molar-refractivity contribution is -0.131. The number of nitrogens with zero attached hydrogens (tertiary/aromatic N) is 1. The number of aryl methyl sites for hydroxylation is 2. The van der Waals surface area contributed by atoms with E-state index in [0.29, 0.717) is 32.5 Å². The van der Waals surface area contributed by atoms with Gasteiger partial charge >= 0.3 is 0 Å². The standard InChI is InChI=1S/C21H32N2O3/c1-17-10-11-18(2)19(16-17)26-15-7-5-8-20(24)22-12-14-23-13-6-3-4-9-21(23)25/h10-11,16H,3-9,12-15H2,1-2H3,(H,22,24). The van der Waals surface area contributed by atoms with E-state index in [9.17, 15) is 9.59 Å². The first-order chi connectivity index (χ1) is 12.6. The molecule has 1 N–H and O–H groups in total. The molecule has 26 heavy (non-hydrogen) atoms. The van der Waals surface area contributed by atoms with Crippen molar-refractivity contribution in [1.82, 2.24) is 10.2 Å². The minimum Gasteiger partial charge on any atom is -0.493 e. The van der Waals surface area contributed by atoms with Gasteiger partial charge in [0.05, 0.1) is 6.61 Å². The molecule has 0 radical (unpaired) electrons. The average molecular weight is 360 g/mol. The van der Waals surface area contributed by atoms with E-state index in [1.165, 1.54) is 5.56 Å². The molecular formula is C21H32N2O3. The van der Waals surface area contributed by atoms with Gasteiger partial charge in [-0.1, -0.05) is 18.6 Å². The highest BCUT2D eigenvalue weighted by Crippen LogP contribution is 2.19. The number of carbonyl (C=O) groups is 2. The van der Waals surface area contributed by atoms with E-state index >= 15 is 0 Å². The Labute approximate surface area is 157 Å². The van der Waals surface area contributed by atoms with Crippen LogP contribution in [0.3, 0.4) is 0 Å². The summed E-state index contributed by atoms with van der Waals surface area (Å²) in [4.78, 5) is 25.7. The number of ether oxygens (including phenoxy) is 1. The molecule has 0 aliphatic carbocycles. The zero-order valence-electron chi connectivity index (χ0n) is 16.2. The van der Waals surface area contributed by atoms with E-state index in [1.54, 1.807) is 0 Å². The molecular weight excluding hydrogens is 328 g/mol. The van der Waals surface area contributed by atoms with Gasteiger partial charge in [-0.05, 0) is 56.7 Å². The lowest BCUT2D eigenvalue weighted by atomic mass is 10.1. The SMILES string of the molecule is Cc1ccc(C)c(OCCCCC(=O)NCCN2CCCCCC2=O)c1. The minimum atomic E-state index is 0.0546. The van der Waals surface area contributed by atoms with Crippen LogP contribution in [0.5, 0.6) is 5.75 Å². The molecule has 1 aromatic rings. The van der Waals surface area contributed by atoms with Gasteiger partial charge in [-0.25, -0.2) is 0 Å². The lowest BCUT2D eigenvalue weighted by Gasteiger charge is -2.20. The third-order valence-electron chi connectivity index (χ3n) is 4.77. The lowest BCUT2D eigenvalue weighted by Crippen LogP contribution is -2.38. The maximum atomic E-state index is 11.9. The summed E-state index contributed by atoms with van der Waals surface area (Å²) >= 11 is 0. The Morgan fingerprint density at radius 3 is 2.88 bits per heavy atom. The fraction of sp³-hybridized carbons (Fsp3) is 0.619. The Bertz CT molecular complexity index is 601. The monoisotopic (exact) mass is 360 g/mol. The van der Waals surface area contributed by atoms with Crippen LogP contribution in [0.25, 0.3) is 0 Å². The predicted molar refractivity (Wildman–Crippen MR) is 103 cm³/mol. The molecule has 1 saturated heterocycles. The summed E-state index contributed by atoms with van der Waals surface area (Å²) in [6, 6.07) is 6.19. The highest BCUT2D eigenvalue weighted by atomic mass is 16.5. The molecule has 1 aliphatic rings. The van der Waals surface area contributed by atoms with Crippen molar-refractivity contribution in [3.8, 4) is 5.75 Å². The van der Waals surface area contributed by atoms with Gasteiger partial charge in [0.2, 0.25) is 11.8 Å². The van der Waals surface area contributed by atoms with Crippen molar-refractivity contribution in [1.29, 1.82) is 0 Å². The van der Waals surface area contributed by atoms with Crippen LogP contribution in [-0.4, -0.2) is 43.0 Å². The van der Waals surface area contributed by atoms with E-state index < -0.39 is 0 Å². The van der Waals surface area contributed by atoms with E-state index in [4.69, 9.17) is 4.74 Å². The Hall–Kier alpha value is -2.04. The number of amides is 2. The first-order valence-electron chi connectivity index (χ1n) is 9.81. The summed E-state index contributed by atoms with van der Waals surface area (Å²) in [6.45, 7) is 6.71. The molecule has 0 bridgehead atoms. The molecule has 5 nitrogen and oxygen atoms in total. The number of nitrogens with one attached hydrogen (secondary N) is 1. The van der Waals surface area contributed by atoms with Gasteiger partial charge < -0.3 is 15.0 Å². The van der Waals surface area contributed by atoms with Crippen LogP contribution in [0.4, 0.5) is 0 Å². The fourth-order valence-electron chi connectivity index (χ4n) is 3.13. The normalized spacial score (nSPS) is 14.8. The van der Waals surface area contributed by atoms with Crippen LogP contribution < -0.4 is 10.1 Å². The number of unbranched alkanes of at least 4 members (excludes halogenated alkanes) is 1. The molecule has 1 fully saturated rings. The third-order valence-corrected chi connectivity index (χ3v) is 4.77. The summed E-state index contributed by atoms with van der Waals surface area (Å²) in [5.74, 6) is 1.20. The minimum absolute atomic E-state index is 0.0546. The van der Waals surface area contributed by atoms with Gasteiger partial charge in [-0.2, -0.15) is 0 Å². The van der Waals surface area contributed by atoms with Crippen LogP contribution in [-0.2, 0) is 9.59 Å². The maximum Gasteiger partial charge on any atom is 0.222 e. The molecule has 1 aromatic carbocycles. The Morgan fingerprint density at radius 2 is 2.04 bits per heavy atom. The molecule has 144 valence electrons. The van der Waals surface area contributed by atoms with Gasteiger partial charge in [0.15, 0.2) is 0 Å². The van der Waals surface area contributed by atoms with Crippen molar-refractivity contribution in [3.05, 3.63) is 29.3 Å². The van der Waals surface area contributed by atoms with Crippen LogP contribution >= 0.6 is 0 Å². The van der Waals surface area contributed by atoms with E-state index in [1.807, 2.05) is 17.9 Å². The molecule has 0 spiro atoms. The summed E-state index contributed by atoms with van der Waals surface area (Å²) in [7, 11) is 0. The molecule has 2 rings (SSSR count). The smallest absolute Gasteiger partial charge is 0.222 e. The first-order valence-corrected chi connectivity index (χ1v) is 9.81. The molecule has 0 atom stereocenters. The van der Waals surface area contributed by atoms with Crippen LogP contribution in [0.2, 0.25) is 0 Å². The summed E-state index contributed by atoms with van der Waals surface area (Å²) in [5.41, 5.74) is 2.32. The van der Waals surface area contributed by atoms with Gasteiger partial charge in [-0.15, -0.1) is 0 Å². The van der Waals surface area contributed by atoms with Crippen molar-refractivity contribution < 1.29 is 14.3 Å². The Morgan fingerprint density at radius 1 is 1.19 bits per heavy atom. The molecule has 5 heteroatoms. The van der Waals surface area contributed by atoms with Crippen molar-refractivity contribution in [3.63, 3.8) is 0 Å². The van der Waals surface area contributed by atoms with Crippen molar-refractivity contribution in [2.24, 2.45) is 0 Å². The van der Waals surface area contributed by atoms with Crippen LogP contribution in [0.1, 0.15) is 56.1 Å². The fourth-order valence-corrected chi connectivity index (χ4v) is 3.13. The second-order valence-electron chi connectivity index (χ2n) is 7.12. The highest BCUT2D eigenvalue weighted by Gasteiger charge is 2.16.